The highest BCUT2D eigenvalue weighted by atomic mass is 32.2. The van der Waals surface area contributed by atoms with Gasteiger partial charge in [-0.15, -0.1) is 0 Å². The predicted molar refractivity (Wildman–Crippen MR) is 107 cm³/mol. The van der Waals surface area contributed by atoms with Crippen molar-refractivity contribution in [2.75, 3.05) is 4.90 Å². The summed E-state index contributed by atoms with van der Waals surface area (Å²) in [4.78, 5) is 15.2. The number of aryl methyl sites for hydroxylation is 3. The molecule has 2 nitrogen and oxygen atoms in total. The topological polar surface area (TPSA) is 20.3 Å². The molecule has 24 heavy (non-hydrogen) atoms. The van der Waals surface area contributed by atoms with Gasteiger partial charge in [-0.05, 0) is 48.6 Å². The zero-order chi connectivity index (χ0) is 17.3. The summed E-state index contributed by atoms with van der Waals surface area (Å²) >= 11 is 6.85. The molecule has 0 N–H and O–H groups in total. The summed E-state index contributed by atoms with van der Waals surface area (Å²) in [7, 11) is 0. The molecule has 4 heteroatoms. The highest BCUT2D eigenvalue weighted by Crippen LogP contribution is 2.38. The number of anilines is 1. The van der Waals surface area contributed by atoms with E-state index >= 15 is 0 Å². The molecule has 3 rings (SSSR count). The highest BCUT2D eigenvalue weighted by Gasteiger charge is 2.34. The van der Waals surface area contributed by atoms with Gasteiger partial charge in [-0.3, -0.25) is 9.69 Å². The normalized spacial score (nSPS) is 16.3. The lowest BCUT2D eigenvalue weighted by Gasteiger charge is -2.19. The van der Waals surface area contributed by atoms with Gasteiger partial charge in [0.2, 0.25) is 0 Å². The molecule has 0 aliphatic carbocycles. The van der Waals surface area contributed by atoms with Gasteiger partial charge in [0.25, 0.3) is 5.91 Å². The number of carbonyl (C=O) groups excluding carboxylic acids is 1. The van der Waals surface area contributed by atoms with Crippen molar-refractivity contribution in [3.8, 4) is 0 Å². The largest absolute Gasteiger partial charge is 0.270 e. The standard InChI is InChI=1S/C20H19NOS2/c1-4-15-8-10-16(11-9-15)12-17-19(22)21(20(23)24-17)18-13(2)6-5-7-14(18)3/h5-12H,4H2,1-3H3/b17-12-. The van der Waals surface area contributed by atoms with E-state index < -0.39 is 0 Å². The molecule has 1 fully saturated rings. The number of hydrogen-bond donors (Lipinski definition) is 0. The van der Waals surface area contributed by atoms with Crippen molar-refractivity contribution < 1.29 is 4.79 Å². The first-order valence-electron chi connectivity index (χ1n) is 7.94. The third-order valence-electron chi connectivity index (χ3n) is 4.14. The predicted octanol–water partition coefficient (Wildman–Crippen LogP) is 5.27. The van der Waals surface area contributed by atoms with Gasteiger partial charge in [0.05, 0.1) is 10.6 Å². The van der Waals surface area contributed by atoms with E-state index in [1.54, 1.807) is 4.90 Å². The lowest BCUT2D eigenvalue weighted by molar-refractivity contribution is -0.113. The third kappa shape index (κ3) is 3.17. The van der Waals surface area contributed by atoms with E-state index in [4.69, 9.17) is 12.2 Å². The smallest absolute Gasteiger partial charge is 0.268 e. The summed E-state index contributed by atoms with van der Waals surface area (Å²) in [6.45, 7) is 6.15. The Morgan fingerprint density at radius 1 is 1.08 bits per heavy atom. The zero-order valence-corrected chi connectivity index (χ0v) is 15.6. The van der Waals surface area contributed by atoms with Crippen molar-refractivity contribution in [3.63, 3.8) is 0 Å². The molecular formula is C20H19NOS2. The maximum atomic E-state index is 12.9. The van der Waals surface area contributed by atoms with E-state index in [2.05, 4.69) is 19.1 Å². The number of hydrogen-bond acceptors (Lipinski definition) is 3. The van der Waals surface area contributed by atoms with Crippen LogP contribution in [-0.4, -0.2) is 10.2 Å². The molecule has 0 unspecified atom stereocenters. The van der Waals surface area contributed by atoms with Gasteiger partial charge in [0.15, 0.2) is 4.32 Å². The lowest BCUT2D eigenvalue weighted by atomic mass is 10.1. The van der Waals surface area contributed by atoms with E-state index in [1.807, 2.05) is 50.3 Å². The number of benzene rings is 2. The molecule has 0 aromatic heterocycles. The average molecular weight is 354 g/mol. The first kappa shape index (κ1) is 16.9. The Labute approximate surface area is 152 Å². The molecule has 1 saturated heterocycles. The second kappa shape index (κ2) is 6.91. The maximum absolute atomic E-state index is 12.9. The molecule has 2 aromatic carbocycles. The summed E-state index contributed by atoms with van der Waals surface area (Å²) in [5.41, 5.74) is 5.33. The minimum Gasteiger partial charge on any atom is -0.268 e. The molecule has 0 atom stereocenters. The van der Waals surface area contributed by atoms with Crippen LogP contribution in [0.15, 0.2) is 47.4 Å². The van der Waals surface area contributed by atoms with E-state index in [-0.39, 0.29) is 5.91 Å². The van der Waals surface area contributed by atoms with E-state index in [0.717, 1.165) is 28.8 Å². The Morgan fingerprint density at radius 3 is 2.29 bits per heavy atom. The van der Waals surface area contributed by atoms with Gasteiger partial charge in [-0.25, -0.2) is 0 Å². The molecule has 0 radical (unpaired) electrons. The van der Waals surface area contributed by atoms with E-state index in [0.29, 0.717) is 9.23 Å². The van der Waals surface area contributed by atoms with E-state index in [1.165, 1.54) is 17.3 Å². The van der Waals surface area contributed by atoms with Crippen LogP contribution in [0.1, 0.15) is 29.2 Å². The summed E-state index contributed by atoms with van der Waals surface area (Å²) in [5.74, 6) is -0.0398. The van der Waals surface area contributed by atoms with Crippen LogP contribution in [0.25, 0.3) is 6.08 Å². The number of thiocarbonyl (C=S) groups is 1. The van der Waals surface area contributed by atoms with Gasteiger partial charge >= 0.3 is 0 Å². The molecule has 1 aliphatic rings. The van der Waals surface area contributed by atoms with Crippen molar-refractivity contribution >= 4 is 46.0 Å². The number of carbonyl (C=O) groups is 1. The van der Waals surface area contributed by atoms with Crippen LogP contribution in [0.3, 0.4) is 0 Å². The molecule has 122 valence electrons. The minimum absolute atomic E-state index is 0.0398. The van der Waals surface area contributed by atoms with Crippen LogP contribution in [0.2, 0.25) is 0 Å². The molecule has 2 aromatic rings. The van der Waals surface area contributed by atoms with Crippen LogP contribution >= 0.6 is 24.0 Å². The number of rotatable bonds is 3. The number of para-hydroxylation sites is 1. The number of thioether (sulfide) groups is 1. The Bertz CT molecular complexity index is 817. The SMILES string of the molecule is CCc1ccc(/C=C2\SC(=S)N(c3c(C)cccc3C)C2=O)cc1. The number of nitrogens with zero attached hydrogens (tertiary/aromatic N) is 1. The highest BCUT2D eigenvalue weighted by molar-refractivity contribution is 8.27. The van der Waals surface area contributed by atoms with Gasteiger partial charge in [-0.1, -0.05) is 73.4 Å². The maximum Gasteiger partial charge on any atom is 0.270 e. The Morgan fingerprint density at radius 2 is 1.71 bits per heavy atom. The van der Waals surface area contributed by atoms with Crippen LogP contribution in [0.5, 0.6) is 0 Å². The first-order chi connectivity index (χ1) is 11.5. The fourth-order valence-electron chi connectivity index (χ4n) is 2.82. The molecular weight excluding hydrogens is 334 g/mol. The molecule has 0 bridgehead atoms. The second-order valence-electron chi connectivity index (χ2n) is 5.85. The molecule has 1 amide bonds. The van der Waals surface area contributed by atoms with E-state index in [9.17, 15) is 4.79 Å². The second-order valence-corrected chi connectivity index (χ2v) is 7.53. The summed E-state index contributed by atoms with van der Waals surface area (Å²) in [5, 5.41) is 0. The van der Waals surface area contributed by atoms with Crippen LogP contribution < -0.4 is 4.90 Å². The quantitative estimate of drug-likeness (QED) is 0.554. The lowest BCUT2D eigenvalue weighted by Crippen LogP contribution is -2.29. The monoisotopic (exact) mass is 353 g/mol. The average Bonchev–Trinajstić information content (AvgIpc) is 2.83. The number of amides is 1. The van der Waals surface area contributed by atoms with Gasteiger partial charge in [-0.2, -0.15) is 0 Å². The van der Waals surface area contributed by atoms with Crippen LogP contribution in [0.4, 0.5) is 5.69 Å². The van der Waals surface area contributed by atoms with Crippen molar-refractivity contribution in [1.29, 1.82) is 0 Å². The zero-order valence-electron chi connectivity index (χ0n) is 14.0. The van der Waals surface area contributed by atoms with Crippen LogP contribution in [-0.2, 0) is 11.2 Å². The summed E-state index contributed by atoms with van der Waals surface area (Å²) in [6.07, 6.45) is 2.93. The van der Waals surface area contributed by atoms with Crippen molar-refractivity contribution in [2.24, 2.45) is 0 Å². The van der Waals surface area contributed by atoms with Gasteiger partial charge in [0.1, 0.15) is 0 Å². The van der Waals surface area contributed by atoms with Crippen molar-refractivity contribution in [3.05, 3.63) is 69.6 Å². The molecule has 1 aliphatic heterocycles. The van der Waals surface area contributed by atoms with Gasteiger partial charge in [0, 0.05) is 0 Å². The fourth-order valence-corrected chi connectivity index (χ4v) is 4.09. The first-order valence-corrected chi connectivity index (χ1v) is 9.17. The molecule has 1 heterocycles. The third-order valence-corrected chi connectivity index (χ3v) is 5.44. The fraction of sp³-hybridized carbons (Fsp3) is 0.200. The Balaban J connectivity index is 1.95. The van der Waals surface area contributed by atoms with Crippen molar-refractivity contribution in [1.82, 2.24) is 0 Å². The summed E-state index contributed by atoms with van der Waals surface area (Å²) < 4.78 is 0.592. The summed E-state index contributed by atoms with van der Waals surface area (Å²) in [6, 6.07) is 14.3. The van der Waals surface area contributed by atoms with Crippen LogP contribution in [0, 0.1) is 13.8 Å². The molecule has 0 spiro atoms. The minimum atomic E-state index is -0.0398. The van der Waals surface area contributed by atoms with Crippen molar-refractivity contribution in [2.45, 2.75) is 27.2 Å². The Kier molecular flexibility index (Phi) is 4.88. The molecule has 0 saturated carbocycles. The van der Waals surface area contributed by atoms with Gasteiger partial charge < -0.3 is 0 Å². The Hall–Kier alpha value is -1.91.